The standard InChI is InChI=1S/C12H18FN6O13P3/c1-15-2-12(3-29-34(25,26)32-35(27,28)31-33(22,23)24)7(20)5(13)10(30-12)19-4-16-6-8(19)17-11(14)18-9(6)21/h4-5,7,10,20H,1-3H2,(H,25,26)(H,27,28)(H2,22,23,24)(H3,14,17,18,21)/t5-,7+,10-,12-/m1/s1. The number of hydrogen-bond donors (Lipinski definition) is 7. The number of nitrogens with zero attached hydrogens (tertiary/aromatic N) is 4. The zero-order chi connectivity index (χ0) is 26.4. The quantitative estimate of drug-likeness (QED) is 0.130. The second-order valence-electron chi connectivity index (χ2n) is 6.98. The van der Waals surface area contributed by atoms with Crippen molar-refractivity contribution < 1.29 is 60.6 Å². The van der Waals surface area contributed by atoms with Crippen LogP contribution in [0.15, 0.2) is 16.1 Å². The fourth-order valence-electron chi connectivity index (χ4n) is 3.14. The molecule has 6 atom stereocenters. The number of H-pyrrole nitrogens is 1. The molecule has 3 rings (SSSR count). The summed E-state index contributed by atoms with van der Waals surface area (Å²) in [7, 11) is -17.1. The Balaban J connectivity index is 1.87. The molecule has 3 heterocycles. The maximum atomic E-state index is 15.1. The molecular weight excluding hydrogens is 548 g/mol. The number of nitrogens with one attached hydrogen (secondary N) is 1. The number of hydrogen-bond acceptors (Lipinski definition) is 13. The fourth-order valence-corrected chi connectivity index (χ4v) is 6.22. The van der Waals surface area contributed by atoms with E-state index in [1.54, 1.807) is 0 Å². The zero-order valence-corrected chi connectivity index (χ0v) is 19.7. The maximum absolute atomic E-state index is 15.1. The van der Waals surface area contributed by atoms with Crippen molar-refractivity contribution in [1.82, 2.24) is 19.5 Å². The largest absolute Gasteiger partial charge is 0.490 e. The Morgan fingerprint density at radius 1 is 1.29 bits per heavy atom. The van der Waals surface area contributed by atoms with Gasteiger partial charge in [0.2, 0.25) is 5.95 Å². The number of aliphatic hydroxyl groups excluding tert-OH is 1. The smallest absolute Gasteiger partial charge is 0.387 e. The molecule has 0 bridgehead atoms. The van der Waals surface area contributed by atoms with Crippen LogP contribution < -0.4 is 11.3 Å². The van der Waals surface area contributed by atoms with E-state index in [9.17, 15) is 33.4 Å². The van der Waals surface area contributed by atoms with Gasteiger partial charge in [-0.15, -0.1) is 0 Å². The number of phosphoric acid groups is 3. The van der Waals surface area contributed by atoms with Crippen molar-refractivity contribution in [2.45, 2.75) is 24.1 Å². The Labute approximate surface area is 192 Å². The van der Waals surface area contributed by atoms with E-state index in [2.05, 4.69) is 39.8 Å². The van der Waals surface area contributed by atoms with Gasteiger partial charge in [-0.3, -0.25) is 23.9 Å². The first-order valence-electron chi connectivity index (χ1n) is 8.92. The zero-order valence-electron chi connectivity index (χ0n) is 17.0. The van der Waals surface area contributed by atoms with Crippen LogP contribution in [0, 0.1) is 0 Å². The number of halogens is 1. The molecule has 0 spiro atoms. The van der Waals surface area contributed by atoms with E-state index in [0.29, 0.717) is 0 Å². The van der Waals surface area contributed by atoms with Crippen LogP contribution in [-0.4, -0.2) is 81.9 Å². The molecule has 1 aliphatic heterocycles. The first-order chi connectivity index (χ1) is 16.0. The summed E-state index contributed by atoms with van der Waals surface area (Å²) in [5.41, 5.74) is 1.98. The van der Waals surface area contributed by atoms with Gasteiger partial charge in [-0.1, -0.05) is 0 Å². The van der Waals surface area contributed by atoms with E-state index >= 15 is 4.39 Å². The second-order valence-corrected chi connectivity index (χ2v) is 11.4. The molecule has 1 aliphatic rings. The number of aromatic amines is 1. The second kappa shape index (κ2) is 9.51. The monoisotopic (exact) mass is 566 g/mol. The summed E-state index contributed by atoms with van der Waals surface area (Å²) in [5.74, 6) is -0.343. The minimum absolute atomic E-state index is 0.235. The molecular formula is C12H18FN6O13P3. The molecule has 196 valence electrons. The highest BCUT2D eigenvalue weighted by Gasteiger charge is 2.57. The van der Waals surface area contributed by atoms with Crippen LogP contribution in [-0.2, 0) is 31.6 Å². The summed E-state index contributed by atoms with van der Waals surface area (Å²) in [6, 6.07) is 0. The maximum Gasteiger partial charge on any atom is 0.490 e. The van der Waals surface area contributed by atoms with Crippen molar-refractivity contribution in [3.63, 3.8) is 0 Å². The lowest BCUT2D eigenvalue weighted by Crippen LogP contribution is -2.48. The SMILES string of the molecule is C=NC[C@]1(COP(=O)(O)OP(=O)(O)OP(=O)(O)O)O[C@@H](n2cnc3c(=O)[nH]c(N)nc32)[C@H](F)[C@@H]1O. The van der Waals surface area contributed by atoms with Gasteiger partial charge in [0.25, 0.3) is 5.56 Å². The summed E-state index contributed by atoms with van der Waals surface area (Å²) < 4.78 is 67.5. The molecule has 19 nitrogen and oxygen atoms in total. The van der Waals surface area contributed by atoms with Gasteiger partial charge in [-0.2, -0.15) is 13.6 Å². The molecule has 35 heavy (non-hydrogen) atoms. The van der Waals surface area contributed by atoms with E-state index in [4.69, 9.17) is 20.3 Å². The number of nitrogens with two attached hydrogens (primary N) is 1. The van der Waals surface area contributed by atoms with Crippen molar-refractivity contribution in [3.8, 4) is 0 Å². The number of anilines is 1. The number of ether oxygens (including phenoxy) is 1. The number of aliphatic hydroxyl groups is 1. The van der Waals surface area contributed by atoms with E-state index in [-0.39, 0.29) is 17.1 Å². The third-order valence-electron chi connectivity index (χ3n) is 4.46. The fraction of sp³-hybridized carbons (Fsp3) is 0.500. The Bertz CT molecular complexity index is 1330. The lowest BCUT2D eigenvalue weighted by Gasteiger charge is -2.30. The first kappa shape index (κ1) is 27.7. The molecule has 0 aliphatic carbocycles. The highest BCUT2D eigenvalue weighted by atomic mass is 31.3. The summed E-state index contributed by atoms with van der Waals surface area (Å²) in [6.45, 7) is 1.28. The van der Waals surface area contributed by atoms with Crippen molar-refractivity contribution in [2.24, 2.45) is 4.99 Å². The van der Waals surface area contributed by atoms with Crippen LogP contribution in [0.1, 0.15) is 6.23 Å². The molecule has 0 aromatic carbocycles. The average molecular weight is 566 g/mol. The molecule has 0 saturated carbocycles. The lowest BCUT2D eigenvalue weighted by molar-refractivity contribution is -0.118. The third-order valence-corrected chi connectivity index (χ3v) is 8.24. The number of aromatic nitrogens is 4. The average Bonchev–Trinajstić information content (AvgIpc) is 3.19. The Hall–Kier alpha value is -1.92. The van der Waals surface area contributed by atoms with Crippen LogP contribution >= 0.6 is 23.5 Å². The van der Waals surface area contributed by atoms with Gasteiger partial charge >= 0.3 is 23.5 Å². The molecule has 2 aromatic heterocycles. The van der Waals surface area contributed by atoms with E-state index in [1.165, 1.54) is 0 Å². The Kier molecular flexibility index (Phi) is 7.52. The normalized spacial score (nSPS) is 28.6. The molecule has 23 heteroatoms. The number of nitrogen functional groups attached to an aromatic ring is 1. The molecule has 0 radical (unpaired) electrons. The number of phosphoric ester groups is 1. The number of rotatable bonds is 10. The molecule has 1 saturated heterocycles. The van der Waals surface area contributed by atoms with E-state index < -0.39 is 66.3 Å². The topological polar surface area (TPSA) is 291 Å². The summed E-state index contributed by atoms with van der Waals surface area (Å²) in [5, 5.41) is 10.5. The van der Waals surface area contributed by atoms with Crippen molar-refractivity contribution in [1.29, 1.82) is 0 Å². The first-order valence-corrected chi connectivity index (χ1v) is 13.4. The summed E-state index contributed by atoms with van der Waals surface area (Å²) in [6.07, 6.45) is -5.24. The number of fused-ring (bicyclic) bond motifs is 1. The van der Waals surface area contributed by atoms with Crippen LogP contribution in [0.5, 0.6) is 0 Å². The minimum Gasteiger partial charge on any atom is -0.387 e. The molecule has 8 N–H and O–H groups in total. The van der Waals surface area contributed by atoms with Gasteiger partial charge in [0.1, 0.15) is 11.7 Å². The van der Waals surface area contributed by atoms with E-state index in [1.807, 2.05) is 0 Å². The molecule has 1 fully saturated rings. The van der Waals surface area contributed by atoms with Gasteiger partial charge in [-0.25, -0.2) is 23.1 Å². The summed E-state index contributed by atoms with van der Waals surface area (Å²) in [4.78, 5) is 61.3. The highest BCUT2D eigenvalue weighted by Crippen LogP contribution is 2.66. The molecule has 2 aromatic rings. The van der Waals surface area contributed by atoms with Crippen molar-refractivity contribution in [2.75, 3.05) is 18.9 Å². The Morgan fingerprint density at radius 3 is 2.54 bits per heavy atom. The number of imidazole rings is 1. The number of alkyl halides is 1. The predicted octanol–water partition coefficient (Wildman–Crippen LogP) is -1.29. The van der Waals surface area contributed by atoms with Crippen molar-refractivity contribution >= 4 is 47.3 Å². The van der Waals surface area contributed by atoms with Gasteiger partial charge in [0, 0.05) is 0 Å². The molecule has 0 amide bonds. The lowest BCUT2D eigenvalue weighted by atomic mass is 9.97. The van der Waals surface area contributed by atoms with Gasteiger partial charge in [0.15, 0.2) is 23.6 Å². The summed E-state index contributed by atoms with van der Waals surface area (Å²) >= 11 is 0. The Morgan fingerprint density at radius 2 is 1.94 bits per heavy atom. The van der Waals surface area contributed by atoms with Crippen LogP contribution in [0.2, 0.25) is 0 Å². The van der Waals surface area contributed by atoms with Gasteiger partial charge < -0.3 is 35.2 Å². The van der Waals surface area contributed by atoms with Crippen LogP contribution in [0.3, 0.4) is 0 Å². The van der Waals surface area contributed by atoms with Crippen molar-refractivity contribution in [3.05, 3.63) is 16.7 Å². The number of aliphatic imine (C=N–C) groups is 1. The van der Waals surface area contributed by atoms with Gasteiger partial charge in [0.05, 0.1) is 19.5 Å². The van der Waals surface area contributed by atoms with E-state index in [0.717, 1.165) is 10.9 Å². The highest BCUT2D eigenvalue weighted by molar-refractivity contribution is 7.66. The third kappa shape index (κ3) is 6.08. The van der Waals surface area contributed by atoms with Crippen LogP contribution in [0.4, 0.5) is 10.3 Å². The minimum atomic E-state index is -5.83. The predicted molar refractivity (Wildman–Crippen MR) is 111 cm³/mol. The van der Waals surface area contributed by atoms with Gasteiger partial charge in [-0.05, 0) is 6.72 Å². The molecule has 2 unspecified atom stereocenters. The van der Waals surface area contributed by atoms with Crippen LogP contribution in [0.25, 0.3) is 11.2 Å².